The topological polar surface area (TPSA) is 214 Å². The van der Waals surface area contributed by atoms with E-state index in [1.54, 1.807) is 6.07 Å². The van der Waals surface area contributed by atoms with Crippen LogP contribution in [0.5, 0.6) is 0 Å². The number of nitrogens with zero attached hydrogens (tertiary/aromatic N) is 4. The van der Waals surface area contributed by atoms with E-state index in [1.807, 2.05) is 109 Å². The molecule has 12 aromatic carbocycles. The number of benzene rings is 12. The molecule has 17 rings (SSSR count). The van der Waals surface area contributed by atoms with Crippen LogP contribution >= 0.6 is 78.1 Å². The van der Waals surface area contributed by atoms with Gasteiger partial charge in [-0.2, -0.15) is 0 Å². The number of pyridine rings is 4. The van der Waals surface area contributed by atoms with Gasteiger partial charge in [-0.15, -0.1) is 0 Å². The molecular weight excluding hydrogens is 1560 g/mol. The van der Waals surface area contributed by atoms with Crippen molar-refractivity contribution in [3.8, 4) is 56.0 Å². The van der Waals surface area contributed by atoms with Crippen LogP contribution < -0.4 is 16.9 Å². The molecule has 109 heavy (non-hydrogen) atoms. The van der Waals surface area contributed by atoms with Gasteiger partial charge in [-0.25, -0.2) is 19.9 Å². The number of aromatic nitrogens is 4. The molecule has 1 saturated heterocycles. The van der Waals surface area contributed by atoms with Crippen molar-refractivity contribution in [1.29, 1.82) is 0 Å². The Morgan fingerprint density at radius 1 is 0.422 bits per heavy atom. The summed E-state index contributed by atoms with van der Waals surface area (Å²) in [5.74, 6) is -2.62. The number of hydrogen-bond donors (Lipinski definition) is 4. The lowest BCUT2D eigenvalue weighted by Crippen LogP contribution is -2.41. The quantitative estimate of drug-likeness (QED) is 0.0279. The average molecular weight is 1630 g/mol. The number of para-hydroxylation sites is 3. The Kier molecular flexibility index (Phi) is 25.5. The van der Waals surface area contributed by atoms with E-state index in [-0.39, 0.29) is 23.0 Å². The average Bonchev–Trinajstić information content (AvgIpc) is 1.23. The van der Waals surface area contributed by atoms with Crippen LogP contribution in [0.4, 0.5) is 16.1 Å². The van der Waals surface area contributed by atoms with Crippen LogP contribution in [0.3, 0.4) is 0 Å². The summed E-state index contributed by atoms with van der Waals surface area (Å²) >= 11 is 30.1. The van der Waals surface area contributed by atoms with Crippen LogP contribution in [0.2, 0.25) is 10.2 Å². The number of nitrogen functional groups attached to an aromatic ring is 2. The van der Waals surface area contributed by atoms with E-state index < -0.39 is 23.6 Å². The molecule has 6 N–H and O–H groups in total. The van der Waals surface area contributed by atoms with Crippen molar-refractivity contribution in [1.82, 2.24) is 19.9 Å². The lowest BCUT2D eigenvalue weighted by Gasteiger charge is -2.32. The summed E-state index contributed by atoms with van der Waals surface area (Å²) in [4.78, 5) is 37.8. The zero-order chi connectivity index (χ0) is 76.4. The standard InChI is InChI=1S/C28H16Cl2N2.C25H18N2.C21H22BNO2.C10H8BrN.C3H4O4.Cl3OP.FH/c29-24-16-27(30)32-28-21-7-3-2-6-20(21)22(15-23(24)28)17-9-11-19(12-10-17)26-14-13-18-5-1-4-8-25(18)31-26;26-23-15-14-20(21-6-2-3-7-22(21)23)17-9-11-19(12-10-17)25-16-13-18-5-1-4-8-24(18)27-25;1-20(2)21(3,4)25-22(24-20)17-12-9-16(10-13-17)19-14-11-15-7-5-6-8-18(15)23-19;11-9-5-6-10(12)8-4-2-1-3-7(8)9;4-2(5)1-3(6)7;1-5(2,3)4;/h1-16H;1-16H,26H2;5-14H,1-4H3;1-6H,12H2;1H2,(H,4,5)(H,6,7);;1H. The number of fused-ring (bicyclic) bond motifs is 8. The molecule has 0 spiro atoms. The Bertz CT molecular complexity index is 5990. The molecular formula is C87H69BBrCl5FN6O7P. The zero-order valence-electron chi connectivity index (χ0n) is 59.0. The maximum absolute atomic E-state index is 9.51. The van der Waals surface area contributed by atoms with Crippen LogP contribution in [0, 0.1) is 0 Å². The SMILES string of the molecule is CC1(C)OB(c2ccc(-c3ccc4ccccc4n3)cc2)OC1(C)C.Clc1cc(Cl)c2cc(-c3ccc(-c4ccc5ccccc5n4)cc3)c3ccccc3c2n1.F.Nc1ccc(-c2ccc(-c3ccc4ccccc4n3)cc2)c2ccccc12.Nc1ccc(Br)c2ccccc12.O=C(O)CC(=O)O.O=P(Cl)(Cl)Cl. The fourth-order valence-electron chi connectivity index (χ4n) is 12.3. The molecule has 22 heteroatoms. The third-order valence-electron chi connectivity index (χ3n) is 18.4. The number of carboxylic acid groups (broad SMARTS) is 2. The molecule has 0 bridgehead atoms. The molecule has 16 aromatic rings. The summed E-state index contributed by atoms with van der Waals surface area (Å²) in [7, 11) is -0.330. The molecule has 1 aliphatic rings. The normalized spacial score (nSPS) is 12.6. The van der Waals surface area contributed by atoms with Crippen molar-refractivity contribution >= 4 is 190 Å². The molecule has 0 aliphatic carbocycles. The minimum absolute atomic E-state index is 0. The second kappa shape index (κ2) is 34.9. The van der Waals surface area contributed by atoms with Gasteiger partial charge in [-0.1, -0.05) is 264 Å². The third kappa shape index (κ3) is 19.6. The largest absolute Gasteiger partial charge is 0.494 e. The predicted octanol–water partition coefficient (Wildman–Crippen LogP) is 24.8. The Hall–Kier alpha value is -10.3. The number of carboxylic acids is 2. The van der Waals surface area contributed by atoms with Gasteiger partial charge >= 0.3 is 24.3 Å². The summed E-state index contributed by atoms with van der Waals surface area (Å²) in [5.41, 5.74) is 28.6. The van der Waals surface area contributed by atoms with Crippen LogP contribution in [-0.2, 0) is 23.5 Å². The van der Waals surface area contributed by atoms with Crippen molar-refractivity contribution in [2.45, 2.75) is 45.3 Å². The summed E-state index contributed by atoms with van der Waals surface area (Å²) in [6.45, 7) is 8.28. The van der Waals surface area contributed by atoms with Gasteiger partial charge in [0.1, 0.15) is 11.6 Å². The van der Waals surface area contributed by atoms with Crippen molar-refractivity contribution in [2.24, 2.45) is 0 Å². The Labute approximate surface area is 661 Å². The number of anilines is 2. The van der Waals surface area contributed by atoms with E-state index in [0.717, 1.165) is 137 Å². The maximum Gasteiger partial charge on any atom is 0.494 e. The first-order valence-corrected chi connectivity index (χ1v) is 40.0. The first-order valence-electron chi connectivity index (χ1n) is 34.0. The monoisotopic (exact) mass is 1620 g/mol. The van der Waals surface area contributed by atoms with Gasteiger partial charge in [-0.3, -0.25) is 18.9 Å². The highest BCUT2D eigenvalue weighted by Crippen LogP contribution is 2.61. The van der Waals surface area contributed by atoms with E-state index in [9.17, 15) is 14.2 Å². The van der Waals surface area contributed by atoms with Gasteiger partial charge in [0.2, 0.25) is 0 Å². The van der Waals surface area contributed by atoms with Gasteiger partial charge < -0.3 is 31.0 Å². The van der Waals surface area contributed by atoms with Crippen LogP contribution in [0.1, 0.15) is 34.1 Å². The van der Waals surface area contributed by atoms with Gasteiger partial charge in [0, 0.05) is 70.2 Å². The molecule has 0 atom stereocenters. The first kappa shape index (κ1) is 79.7. The number of nitrogens with two attached hydrogens (primary N) is 2. The van der Waals surface area contributed by atoms with Gasteiger partial charge in [0.25, 0.3) is 0 Å². The van der Waals surface area contributed by atoms with Crippen molar-refractivity contribution in [2.75, 3.05) is 11.5 Å². The number of halogens is 7. The zero-order valence-corrected chi connectivity index (χ0v) is 65.3. The number of aliphatic carboxylic acids is 2. The molecule has 4 aromatic heterocycles. The smallest absolute Gasteiger partial charge is 0.481 e. The number of rotatable bonds is 8. The number of carbonyl (C=O) groups is 2. The third-order valence-corrected chi connectivity index (χ3v) is 19.6. The van der Waals surface area contributed by atoms with Crippen molar-refractivity contribution in [3.05, 3.63) is 306 Å². The van der Waals surface area contributed by atoms with Crippen LogP contribution in [0.25, 0.3) is 132 Å². The highest BCUT2D eigenvalue weighted by molar-refractivity contribution is 9.10. The van der Waals surface area contributed by atoms with E-state index >= 15 is 0 Å². The second-order valence-electron chi connectivity index (χ2n) is 26.1. The Balaban J connectivity index is 0.000000141. The van der Waals surface area contributed by atoms with Gasteiger partial charge in [0.05, 0.1) is 55.4 Å². The van der Waals surface area contributed by atoms with E-state index in [4.69, 9.17) is 69.1 Å². The fraction of sp³-hybridized carbons (Fsp3) is 0.0805. The summed E-state index contributed by atoms with van der Waals surface area (Å²) in [5, 5.41) is 24.2. The van der Waals surface area contributed by atoms with E-state index in [2.05, 4.69) is 258 Å². The lowest BCUT2D eigenvalue weighted by molar-refractivity contribution is -0.147. The van der Waals surface area contributed by atoms with E-state index in [0.29, 0.717) is 10.2 Å². The summed E-state index contributed by atoms with van der Waals surface area (Å²) in [6, 6.07) is 98.8. The summed E-state index contributed by atoms with van der Waals surface area (Å²) < 4.78 is 22.8. The highest BCUT2D eigenvalue weighted by Gasteiger charge is 2.51. The van der Waals surface area contributed by atoms with Crippen molar-refractivity contribution in [3.63, 3.8) is 0 Å². The van der Waals surface area contributed by atoms with Gasteiger partial charge in [-0.05, 0) is 172 Å². The van der Waals surface area contributed by atoms with Gasteiger partial charge in [0.15, 0.2) is 0 Å². The van der Waals surface area contributed by atoms with Crippen LogP contribution in [-0.4, -0.2) is 60.4 Å². The Morgan fingerprint density at radius 2 is 0.771 bits per heavy atom. The van der Waals surface area contributed by atoms with Crippen LogP contribution in [0.15, 0.2) is 296 Å². The lowest BCUT2D eigenvalue weighted by atomic mass is 9.79. The molecule has 0 radical (unpaired) electrons. The van der Waals surface area contributed by atoms with E-state index in [1.165, 1.54) is 16.5 Å². The minimum Gasteiger partial charge on any atom is -0.481 e. The second-order valence-corrected chi connectivity index (χ2v) is 34.4. The first-order chi connectivity index (χ1) is 51.7. The molecule has 1 fully saturated rings. The fourth-order valence-corrected chi connectivity index (χ4v) is 13.3. The summed E-state index contributed by atoms with van der Waals surface area (Å²) in [6.07, 6.45) is -0.806. The maximum atomic E-state index is 9.51. The molecule has 0 saturated carbocycles. The predicted molar refractivity (Wildman–Crippen MR) is 456 cm³/mol. The minimum atomic E-state index is -3.22. The number of hydrogen-bond acceptors (Lipinski definition) is 11. The Morgan fingerprint density at radius 3 is 1.19 bits per heavy atom. The molecule has 546 valence electrons. The molecule has 13 nitrogen and oxygen atoms in total. The highest BCUT2D eigenvalue weighted by atomic mass is 79.9. The van der Waals surface area contributed by atoms with Crippen molar-refractivity contribution < 1.29 is 38.4 Å². The molecule has 5 heterocycles. The molecule has 0 unspecified atom stereocenters. The molecule has 1 aliphatic heterocycles. The molecule has 0 amide bonds.